The van der Waals surface area contributed by atoms with Crippen LogP contribution in [0.2, 0.25) is 0 Å². The Kier molecular flexibility index (Phi) is 10.9. The van der Waals surface area contributed by atoms with E-state index in [1.165, 1.54) is 5.56 Å². The van der Waals surface area contributed by atoms with Gasteiger partial charge in [0.2, 0.25) is 0 Å². The molecule has 7 heteroatoms. The van der Waals surface area contributed by atoms with Gasteiger partial charge in [0.15, 0.2) is 5.96 Å². The quantitative estimate of drug-likeness (QED) is 0.289. The number of nitrogens with one attached hydrogen (secondary N) is 2. The summed E-state index contributed by atoms with van der Waals surface area (Å²) in [7, 11) is 0. The van der Waals surface area contributed by atoms with Crippen molar-refractivity contribution in [3.63, 3.8) is 0 Å². The zero-order valence-electron chi connectivity index (χ0n) is 15.9. The first-order valence-corrected chi connectivity index (χ1v) is 9.11. The van der Waals surface area contributed by atoms with E-state index in [2.05, 4.69) is 35.5 Å². The van der Waals surface area contributed by atoms with Crippen LogP contribution in [0.25, 0.3) is 0 Å². The maximum atomic E-state index is 9.96. The molecule has 0 saturated carbocycles. The Morgan fingerprint density at radius 2 is 2.08 bits per heavy atom. The highest BCUT2D eigenvalue weighted by atomic mass is 127. The van der Waals surface area contributed by atoms with E-state index in [1.807, 2.05) is 25.1 Å². The molecule has 2 rings (SSSR count). The molecule has 26 heavy (non-hydrogen) atoms. The molecule has 148 valence electrons. The minimum atomic E-state index is -0.596. The van der Waals surface area contributed by atoms with E-state index < -0.39 is 6.10 Å². The van der Waals surface area contributed by atoms with Crippen LogP contribution in [0.15, 0.2) is 29.3 Å². The fourth-order valence-electron chi connectivity index (χ4n) is 2.61. The van der Waals surface area contributed by atoms with Gasteiger partial charge in [-0.3, -0.25) is 4.99 Å². The number of fused-ring (bicyclic) bond motifs is 1. The number of halogens is 1. The number of aliphatic hydroxyl groups is 1. The monoisotopic (exact) mass is 477 g/mol. The van der Waals surface area contributed by atoms with E-state index in [4.69, 9.17) is 9.47 Å². The number of rotatable bonds is 9. The second kappa shape index (κ2) is 12.3. The number of ether oxygens (including phenoxy) is 2. The molecule has 0 radical (unpaired) electrons. The van der Waals surface area contributed by atoms with Crippen LogP contribution in [0.1, 0.15) is 26.3 Å². The van der Waals surface area contributed by atoms with Crippen molar-refractivity contribution >= 4 is 29.9 Å². The standard InChI is InChI=1S/C19H31N3O3.HI/c1-4-20-19(21-10-16(23)13-24-12-14(2)3)22-11-17-9-15-7-5-6-8-18(15)25-17;/h5-8,14,16-17,23H,4,9-13H2,1-3H3,(H2,20,21,22);1H. The fourth-order valence-corrected chi connectivity index (χ4v) is 2.61. The highest BCUT2D eigenvalue weighted by Gasteiger charge is 2.22. The largest absolute Gasteiger partial charge is 0.488 e. The molecule has 0 fully saturated rings. The number of hydrogen-bond donors (Lipinski definition) is 3. The molecule has 2 atom stereocenters. The molecule has 0 saturated heterocycles. The second-order valence-electron chi connectivity index (χ2n) is 6.74. The lowest BCUT2D eigenvalue weighted by Crippen LogP contribution is -2.42. The molecule has 3 N–H and O–H groups in total. The molecule has 1 heterocycles. The summed E-state index contributed by atoms with van der Waals surface area (Å²) in [6, 6.07) is 8.12. The van der Waals surface area contributed by atoms with E-state index >= 15 is 0 Å². The molecular weight excluding hydrogens is 445 g/mol. The fraction of sp³-hybridized carbons (Fsp3) is 0.632. The van der Waals surface area contributed by atoms with Gasteiger partial charge in [-0.25, -0.2) is 0 Å². The summed E-state index contributed by atoms with van der Waals surface area (Å²) in [4.78, 5) is 4.43. The summed E-state index contributed by atoms with van der Waals surface area (Å²) in [6.45, 7) is 8.88. The van der Waals surface area contributed by atoms with Crippen molar-refractivity contribution in [3.05, 3.63) is 29.8 Å². The van der Waals surface area contributed by atoms with Gasteiger partial charge in [0.1, 0.15) is 11.9 Å². The first-order valence-electron chi connectivity index (χ1n) is 9.11. The number of hydrogen-bond acceptors (Lipinski definition) is 4. The van der Waals surface area contributed by atoms with Crippen molar-refractivity contribution in [3.8, 4) is 5.75 Å². The van der Waals surface area contributed by atoms with Crippen LogP contribution in [0.5, 0.6) is 5.75 Å². The van der Waals surface area contributed by atoms with Crippen LogP contribution in [-0.4, -0.2) is 56.1 Å². The molecule has 1 aliphatic heterocycles. The number of guanidine groups is 1. The molecule has 0 spiro atoms. The van der Waals surface area contributed by atoms with Crippen LogP contribution < -0.4 is 15.4 Å². The number of nitrogens with zero attached hydrogens (tertiary/aromatic N) is 1. The number of para-hydroxylation sites is 1. The molecule has 2 unspecified atom stereocenters. The molecule has 0 amide bonds. The van der Waals surface area contributed by atoms with E-state index in [-0.39, 0.29) is 30.1 Å². The zero-order valence-corrected chi connectivity index (χ0v) is 18.2. The van der Waals surface area contributed by atoms with E-state index in [9.17, 15) is 5.11 Å². The van der Waals surface area contributed by atoms with Crippen molar-refractivity contribution in [2.24, 2.45) is 10.9 Å². The Morgan fingerprint density at radius 1 is 1.31 bits per heavy atom. The second-order valence-corrected chi connectivity index (χ2v) is 6.74. The molecule has 0 bridgehead atoms. The van der Waals surface area contributed by atoms with Crippen LogP contribution in [-0.2, 0) is 11.2 Å². The first kappa shape index (κ1) is 23.0. The van der Waals surface area contributed by atoms with Crippen LogP contribution in [0, 0.1) is 5.92 Å². The molecule has 0 aromatic heterocycles. The Balaban J connectivity index is 0.00000338. The Bertz CT molecular complexity index is 530. The highest BCUT2D eigenvalue weighted by molar-refractivity contribution is 14.0. The summed E-state index contributed by atoms with van der Waals surface area (Å²) in [5.74, 6) is 2.11. The first-order chi connectivity index (χ1) is 12.1. The highest BCUT2D eigenvalue weighted by Crippen LogP contribution is 2.27. The minimum absolute atomic E-state index is 0. The van der Waals surface area contributed by atoms with Crippen LogP contribution in [0.3, 0.4) is 0 Å². The number of benzene rings is 1. The van der Waals surface area contributed by atoms with Gasteiger partial charge < -0.3 is 25.2 Å². The van der Waals surface area contributed by atoms with Gasteiger partial charge >= 0.3 is 0 Å². The van der Waals surface area contributed by atoms with Gasteiger partial charge in [-0.2, -0.15) is 0 Å². The summed E-state index contributed by atoms with van der Waals surface area (Å²) in [6.07, 6.45) is 0.399. The molecule has 0 aliphatic carbocycles. The van der Waals surface area contributed by atoms with Crippen molar-refractivity contribution in [2.45, 2.75) is 39.4 Å². The lowest BCUT2D eigenvalue weighted by atomic mass is 10.1. The van der Waals surface area contributed by atoms with Gasteiger partial charge in [-0.1, -0.05) is 32.0 Å². The summed E-state index contributed by atoms with van der Waals surface area (Å²) < 4.78 is 11.4. The summed E-state index contributed by atoms with van der Waals surface area (Å²) >= 11 is 0. The van der Waals surface area contributed by atoms with Crippen molar-refractivity contribution in [2.75, 3.05) is 32.8 Å². The summed E-state index contributed by atoms with van der Waals surface area (Å²) in [5.41, 5.74) is 1.24. The van der Waals surface area contributed by atoms with E-state index in [0.717, 1.165) is 18.7 Å². The van der Waals surface area contributed by atoms with Crippen LogP contribution >= 0.6 is 24.0 Å². The molecule has 1 aliphatic rings. The lowest BCUT2D eigenvalue weighted by molar-refractivity contribution is 0.0301. The predicted molar refractivity (Wildman–Crippen MR) is 116 cm³/mol. The third kappa shape index (κ3) is 8.09. The van der Waals surface area contributed by atoms with Crippen molar-refractivity contribution in [1.82, 2.24) is 10.6 Å². The van der Waals surface area contributed by atoms with Gasteiger partial charge in [0.25, 0.3) is 0 Å². The number of aliphatic imine (C=N–C) groups is 1. The molecule has 6 nitrogen and oxygen atoms in total. The van der Waals surface area contributed by atoms with Crippen molar-refractivity contribution in [1.29, 1.82) is 0 Å². The maximum Gasteiger partial charge on any atom is 0.191 e. The van der Waals surface area contributed by atoms with Gasteiger partial charge in [-0.15, -0.1) is 24.0 Å². The Labute approximate surface area is 173 Å². The lowest BCUT2D eigenvalue weighted by Gasteiger charge is -2.16. The topological polar surface area (TPSA) is 75.1 Å². The predicted octanol–water partition coefficient (Wildman–Crippen LogP) is 2.20. The van der Waals surface area contributed by atoms with Crippen LogP contribution in [0.4, 0.5) is 0 Å². The average Bonchev–Trinajstić information content (AvgIpc) is 3.00. The summed E-state index contributed by atoms with van der Waals surface area (Å²) in [5, 5.41) is 16.4. The third-order valence-electron chi connectivity index (χ3n) is 3.78. The van der Waals surface area contributed by atoms with Gasteiger partial charge in [-0.05, 0) is 24.5 Å². The SMILES string of the molecule is CCNC(=NCC(O)COCC(C)C)NCC1Cc2ccccc2O1.I. The Hall–Kier alpha value is -1.06. The maximum absolute atomic E-state index is 9.96. The average molecular weight is 477 g/mol. The van der Waals surface area contributed by atoms with Crippen molar-refractivity contribution < 1.29 is 14.6 Å². The molecule has 1 aromatic carbocycles. The normalized spacial score (nSPS) is 17.3. The third-order valence-corrected chi connectivity index (χ3v) is 3.78. The van der Waals surface area contributed by atoms with Gasteiger partial charge in [0, 0.05) is 19.6 Å². The molecular formula is C19H32IN3O3. The van der Waals surface area contributed by atoms with E-state index in [1.54, 1.807) is 0 Å². The zero-order chi connectivity index (χ0) is 18.1. The van der Waals surface area contributed by atoms with E-state index in [0.29, 0.717) is 38.2 Å². The smallest absolute Gasteiger partial charge is 0.191 e. The number of aliphatic hydroxyl groups excluding tert-OH is 1. The Morgan fingerprint density at radius 3 is 2.77 bits per heavy atom. The molecule has 1 aromatic rings. The minimum Gasteiger partial charge on any atom is -0.488 e. The van der Waals surface area contributed by atoms with Gasteiger partial charge in [0.05, 0.1) is 25.8 Å².